The van der Waals surface area contributed by atoms with Crippen LogP contribution in [0, 0.1) is 5.92 Å². The summed E-state index contributed by atoms with van der Waals surface area (Å²) in [6.07, 6.45) is 1.84. The van der Waals surface area contributed by atoms with E-state index in [9.17, 15) is 0 Å². The molecule has 0 unspecified atom stereocenters. The average molecular weight is 336 g/mol. The number of nitrogens with zero attached hydrogens (tertiary/aromatic N) is 2. The van der Waals surface area contributed by atoms with Crippen LogP contribution < -0.4 is 9.47 Å². The van der Waals surface area contributed by atoms with Crippen LogP contribution in [0.2, 0.25) is 0 Å². The van der Waals surface area contributed by atoms with Gasteiger partial charge in [-0.15, -0.1) is 0 Å². The molecule has 2 aromatic carbocycles. The Morgan fingerprint density at radius 2 is 2.04 bits per heavy atom. The van der Waals surface area contributed by atoms with Crippen LogP contribution in [0.5, 0.6) is 11.5 Å². The van der Waals surface area contributed by atoms with Crippen LogP contribution in [0.4, 0.5) is 0 Å². The average Bonchev–Trinajstić information content (AvgIpc) is 3.07. The van der Waals surface area contributed by atoms with Gasteiger partial charge in [0.1, 0.15) is 11.5 Å². The zero-order valence-electron chi connectivity index (χ0n) is 15.0. The van der Waals surface area contributed by atoms with Gasteiger partial charge in [-0.05, 0) is 24.1 Å². The summed E-state index contributed by atoms with van der Waals surface area (Å²) in [4.78, 5) is 0. The Bertz CT molecular complexity index is 800. The molecule has 25 heavy (non-hydrogen) atoms. The third-order valence-corrected chi connectivity index (χ3v) is 4.85. The van der Waals surface area contributed by atoms with E-state index < -0.39 is 0 Å². The van der Waals surface area contributed by atoms with Crippen molar-refractivity contribution in [1.29, 1.82) is 0 Å². The van der Waals surface area contributed by atoms with E-state index in [-0.39, 0.29) is 12.3 Å². The second-order valence-corrected chi connectivity index (χ2v) is 7.12. The Labute approximate surface area is 149 Å². The van der Waals surface area contributed by atoms with Crippen molar-refractivity contribution in [1.82, 2.24) is 5.01 Å². The maximum Gasteiger partial charge on any atom is 0.188 e. The van der Waals surface area contributed by atoms with Gasteiger partial charge in [0.15, 0.2) is 6.23 Å². The fraction of sp³-hybridized carbons (Fsp3) is 0.381. The molecule has 0 amide bonds. The van der Waals surface area contributed by atoms with Crippen LogP contribution >= 0.6 is 0 Å². The Hall–Kier alpha value is -2.49. The number of methoxy groups -OCH3 is 1. The maximum absolute atomic E-state index is 6.28. The third-order valence-electron chi connectivity index (χ3n) is 4.85. The normalized spacial score (nSPS) is 21.4. The highest BCUT2D eigenvalue weighted by molar-refractivity contribution is 6.02. The van der Waals surface area contributed by atoms with E-state index in [0.29, 0.717) is 5.92 Å². The SMILES string of the molecule is COc1cccc(C2=NN3[C@H](C2)c2ccccc2O[C@@H]3CC(C)C)c1. The van der Waals surface area contributed by atoms with E-state index in [1.165, 1.54) is 5.56 Å². The van der Waals surface area contributed by atoms with E-state index in [4.69, 9.17) is 14.6 Å². The molecule has 0 saturated heterocycles. The highest BCUT2D eigenvalue weighted by Crippen LogP contribution is 2.44. The number of hydrogen-bond acceptors (Lipinski definition) is 4. The van der Waals surface area contributed by atoms with Crippen LogP contribution in [0.3, 0.4) is 0 Å². The van der Waals surface area contributed by atoms with Crippen LogP contribution in [0.1, 0.15) is 43.9 Å². The number of fused-ring (bicyclic) bond motifs is 3. The zero-order valence-corrected chi connectivity index (χ0v) is 15.0. The molecule has 0 aliphatic carbocycles. The molecular formula is C21H24N2O2. The van der Waals surface area contributed by atoms with Crippen LogP contribution in [-0.4, -0.2) is 24.1 Å². The topological polar surface area (TPSA) is 34.1 Å². The van der Waals surface area contributed by atoms with Crippen molar-refractivity contribution in [3.8, 4) is 11.5 Å². The molecule has 0 saturated carbocycles. The first kappa shape index (κ1) is 16.0. The van der Waals surface area contributed by atoms with Crippen molar-refractivity contribution < 1.29 is 9.47 Å². The molecule has 0 aromatic heterocycles. The van der Waals surface area contributed by atoms with Gasteiger partial charge in [0.2, 0.25) is 0 Å². The van der Waals surface area contributed by atoms with Crippen LogP contribution in [0.15, 0.2) is 53.6 Å². The largest absolute Gasteiger partial charge is 0.497 e. The molecule has 0 spiro atoms. The molecule has 0 radical (unpaired) electrons. The van der Waals surface area contributed by atoms with Crippen molar-refractivity contribution in [2.75, 3.05) is 7.11 Å². The van der Waals surface area contributed by atoms with E-state index >= 15 is 0 Å². The molecule has 0 fully saturated rings. The lowest BCUT2D eigenvalue weighted by Gasteiger charge is -2.38. The molecule has 4 nitrogen and oxygen atoms in total. The van der Waals surface area contributed by atoms with Gasteiger partial charge < -0.3 is 9.47 Å². The van der Waals surface area contributed by atoms with Gasteiger partial charge in [-0.2, -0.15) is 5.10 Å². The van der Waals surface area contributed by atoms with Crippen molar-refractivity contribution in [2.24, 2.45) is 11.0 Å². The Balaban J connectivity index is 1.70. The second-order valence-electron chi connectivity index (χ2n) is 7.12. The quantitative estimate of drug-likeness (QED) is 0.817. The highest BCUT2D eigenvalue weighted by atomic mass is 16.5. The molecule has 2 aliphatic heterocycles. The molecule has 4 heteroatoms. The fourth-order valence-corrected chi connectivity index (χ4v) is 3.65. The minimum Gasteiger partial charge on any atom is -0.497 e. The Kier molecular flexibility index (Phi) is 4.12. The molecule has 2 heterocycles. The van der Waals surface area contributed by atoms with Gasteiger partial charge in [-0.25, -0.2) is 0 Å². The minimum atomic E-state index is -0.0111. The van der Waals surface area contributed by atoms with Gasteiger partial charge in [-0.1, -0.05) is 44.2 Å². The first-order valence-electron chi connectivity index (χ1n) is 8.91. The van der Waals surface area contributed by atoms with Crippen LogP contribution in [-0.2, 0) is 0 Å². The van der Waals surface area contributed by atoms with Crippen molar-refractivity contribution in [3.63, 3.8) is 0 Å². The lowest BCUT2D eigenvalue weighted by Crippen LogP contribution is -2.41. The third kappa shape index (κ3) is 2.97. The van der Waals surface area contributed by atoms with Gasteiger partial charge in [0.05, 0.1) is 18.9 Å². The summed E-state index contributed by atoms with van der Waals surface area (Å²) in [6, 6.07) is 16.7. The molecule has 0 N–H and O–H groups in total. The number of para-hydroxylation sites is 1. The summed E-state index contributed by atoms with van der Waals surface area (Å²) in [6.45, 7) is 4.45. The maximum atomic E-state index is 6.28. The van der Waals surface area contributed by atoms with E-state index in [1.807, 2.05) is 18.2 Å². The summed E-state index contributed by atoms with van der Waals surface area (Å²) >= 11 is 0. The number of rotatable bonds is 4. The molecule has 2 atom stereocenters. The van der Waals surface area contributed by atoms with Gasteiger partial charge in [-0.3, -0.25) is 5.01 Å². The van der Waals surface area contributed by atoms with Gasteiger partial charge in [0.25, 0.3) is 0 Å². The Morgan fingerprint density at radius 3 is 2.84 bits per heavy atom. The predicted molar refractivity (Wildman–Crippen MR) is 99.0 cm³/mol. The van der Waals surface area contributed by atoms with Crippen molar-refractivity contribution in [2.45, 2.75) is 39.0 Å². The fourth-order valence-electron chi connectivity index (χ4n) is 3.65. The first-order chi connectivity index (χ1) is 12.2. The van der Waals surface area contributed by atoms with Crippen molar-refractivity contribution in [3.05, 3.63) is 59.7 Å². The molecule has 130 valence electrons. The lowest BCUT2D eigenvalue weighted by atomic mass is 9.95. The number of ether oxygens (including phenoxy) is 2. The van der Waals surface area contributed by atoms with Crippen LogP contribution in [0.25, 0.3) is 0 Å². The molecule has 2 aliphatic rings. The Morgan fingerprint density at radius 1 is 1.20 bits per heavy atom. The van der Waals surface area contributed by atoms with Crippen molar-refractivity contribution >= 4 is 5.71 Å². The van der Waals surface area contributed by atoms with E-state index in [1.54, 1.807) is 7.11 Å². The molecule has 2 aromatic rings. The first-order valence-corrected chi connectivity index (χ1v) is 8.91. The summed E-state index contributed by atoms with van der Waals surface area (Å²) in [7, 11) is 1.70. The molecule has 0 bridgehead atoms. The number of benzene rings is 2. The van der Waals surface area contributed by atoms with E-state index in [0.717, 1.165) is 35.6 Å². The summed E-state index contributed by atoms with van der Waals surface area (Å²) in [5.41, 5.74) is 3.44. The summed E-state index contributed by atoms with van der Waals surface area (Å²) in [5, 5.41) is 7.12. The lowest BCUT2D eigenvalue weighted by molar-refractivity contribution is -0.0291. The van der Waals surface area contributed by atoms with Gasteiger partial charge >= 0.3 is 0 Å². The molecular weight excluding hydrogens is 312 g/mol. The highest BCUT2D eigenvalue weighted by Gasteiger charge is 2.40. The monoisotopic (exact) mass is 336 g/mol. The number of hydrazone groups is 1. The predicted octanol–water partition coefficient (Wildman–Crippen LogP) is 4.61. The standard InChI is InChI=1S/C21H24N2O2/c1-14(2)11-21-23-19(17-9-4-5-10-20(17)25-21)13-18(22-23)15-7-6-8-16(12-15)24-3/h4-10,12,14,19,21H,11,13H2,1-3H3/t19-,21-/m1/s1. The molecule has 4 rings (SSSR count). The van der Waals surface area contributed by atoms with E-state index in [2.05, 4.69) is 49.2 Å². The summed E-state index contributed by atoms with van der Waals surface area (Å²) < 4.78 is 11.6. The number of hydrogen-bond donors (Lipinski definition) is 0. The smallest absolute Gasteiger partial charge is 0.188 e. The second kappa shape index (κ2) is 6.43. The minimum absolute atomic E-state index is 0.0111. The zero-order chi connectivity index (χ0) is 17.4. The van der Waals surface area contributed by atoms with Gasteiger partial charge in [0, 0.05) is 24.0 Å². The summed E-state index contributed by atoms with van der Waals surface area (Å²) in [5.74, 6) is 2.41.